The van der Waals surface area contributed by atoms with Gasteiger partial charge in [-0.2, -0.15) is 5.26 Å². The number of phenols is 1. The molecule has 29 heavy (non-hydrogen) atoms. The minimum Gasteiger partial charge on any atom is -0.508 e. The molecule has 0 spiro atoms. The van der Waals surface area contributed by atoms with Crippen LogP contribution in [0.5, 0.6) is 5.75 Å². The smallest absolute Gasteiger partial charge is 0.223 e. The highest BCUT2D eigenvalue weighted by atomic mass is 16.3. The lowest BCUT2D eigenvalue weighted by Crippen LogP contribution is -2.31. The van der Waals surface area contributed by atoms with Crippen molar-refractivity contribution in [1.82, 2.24) is 9.88 Å². The molecule has 0 bridgehead atoms. The van der Waals surface area contributed by atoms with Gasteiger partial charge in [0.1, 0.15) is 5.75 Å². The third-order valence-electron chi connectivity index (χ3n) is 4.78. The SMILES string of the molecule is N#Cc1ccc(O)cc1.O=C1CCCN1C(Cc1ccccc1)c1ccccn1. The first-order valence-electron chi connectivity index (χ1n) is 9.61. The van der Waals surface area contributed by atoms with Crippen LogP contribution in [-0.2, 0) is 11.2 Å². The van der Waals surface area contributed by atoms with Gasteiger partial charge in [-0.3, -0.25) is 9.78 Å². The summed E-state index contributed by atoms with van der Waals surface area (Å²) in [5.41, 5.74) is 2.78. The molecule has 1 unspecified atom stereocenters. The third-order valence-corrected chi connectivity index (χ3v) is 4.78. The fourth-order valence-corrected chi connectivity index (χ4v) is 3.32. The number of aromatic nitrogens is 1. The van der Waals surface area contributed by atoms with Crippen LogP contribution < -0.4 is 0 Å². The standard InChI is InChI=1S/C17H18N2O.C7H5NO/c20-17-10-6-12-19(17)16(15-9-4-5-11-18-15)13-14-7-2-1-3-8-14;8-5-6-1-3-7(9)4-2-6/h1-5,7-9,11,16H,6,10,12-13H2;1-4,9H. The van der Waals surface area contributed by atoms with Gasteiger partial charge in [0.25, 0.3) is 0 Å². The van der Waals surface area contributed by atoms with Crippen LogP contribution in [-0.4, -0.2) is 27.4 Å². The highest BCUT2D eigenvalue weighted by molar-refractivity contribution is 5.78. The van der Waals surface area contributed by atoms with E-state index in [0.29, 0.717) is 12.0 Å². The molecule has 1 saturated heterocycles. The largest absolute Gasteiger partial charge is 0.508 e. The summed E-state index contributed by atoms with van der Waals surface area (Å²) < 4.78 is 0. The molecule has 1 fully saturated rings. The quantitative estimate of drug-likeness (QED) is 0.728. The van der Waals surface area contributed by atoms with Crippen molar-refractivity contribution in [2.75, 3.05) is 6.54 Å². The van der Waals surface area contributed by atoms with E-state index in [1.165, 1.54) is 17.7 Å². The van der Waals surface area contributed by atoms with Crippen molar-refractivity contribution < 1.29 is 9.90 Å². The number of carbonyl (C=O) groups excluding carboxylic acids is 1. The first kappa shape index (κ1) is 20.1. The molecule has 2 aromatic carbocycles. The summed E-state index contributed by atoms with van der Waals surface area (Å²) in [7, 11) is 0. The number of phenolic OH excluding ortho intramolecular Hbond substituents is 1. The highest BCUT2D eigenvalue weighted by Crippen LogP contribution is 2.28. The van der Waals surface area contributed by atoms with E-state index < -0.39 is 0 Å². The van der Waals surface area contributed by atoms with Gasteiger partial charge in [-0.1, -0.05) is 36.4 Å². The molecule has 5 nitrogen and oxygen atoms in total. The maximum atomic E-state index is 12.1. The predicted molar refractivity (Wildman–Crippen MR) is 111 cm³/mol. The molecule has 5 heteroatoms. The monoisotopic (exact) mass is 385 g/mol. The zero-order chi connectivity index (χ0) is 20.5. The van der Waals surface area contributed by atoms with Gasteiger partial charge in [0, 0.05) is 19.2 Å². The molecular formula is C24H23N3O2. The summed E-state index contributed by atoms with van der Waals surface area (Å²) in [5, 5.41) is 17.0. The van der Waals surface area contributed by atoms with Gasteiger partial charge in [0.2, 0.25) is 5.91 Å². The average molecular weight is 385 g/mol. The fraction of sp³-hybridized carbons (Fsp3) is 0.208. The van der Waals surface area contributed by atoms with Crippen molar-refractivity contribution in [3.05, 3.63) is 95.8 Å². The molecule has 1 aliphatic rings. The van der Waals surface area contributed by atoms with Crippen molar-refractivity contribution in [2.24, 2.45) is 0 Å². The molecule has 0 radical (unpaired) electrons. The summed E-state index contributed by atoms with van der Waals surface area (Å²) in [6, 6.07) is 24.3. The first-order valence-corrected chi connectivity index (χ1v) is 9.61. The Morgan fingerprint density at radius 1 is 1.03 bits per heavy atom. The zero-order valence-corrected chi connectivity index (χ0v) is 16.1. The van der Waals surface area contributed by atoms with Crippen LogP contribution in [0.25, 0.3) is 0 Å². The number of benzene rings is 2. The summed E-state index contributed by atoms with van der Waals surface area (Å²) in [4.78, 5) is 18.5. The Kier molecular flexibility index (Phi) is 6.96. The van der Waals surface area contributed by atoms with Crippen LogP contribution in [0, 0.1) is 11.3 Å². The molecule has 1 N–H and O–H groups in total. The molecule has 1 amide bonds. The maximum Gasteiger partial charge on any atom is 0.223 e. The molecule has 146 valence electrons. The van der Waals surface area contributed by atoms with Gasteiger partial charge in [0.05, 0.1) is 23.4 Å². The van der Waals surface area contributed by atoms with E-state index >= 15 is 0 Å². The van der Waals surface area contributed by atoms with Crippen molar-refractivity contribution in [3.63, 3.8) is 0 Å². The van der Waals surface area contributed by atoms with Crippen LogP contribution in [0.15, 0.2) is 79.0 Å². The molecule has 2 heterocycles. The number of aromatic hydroxyl groups is 1. The zero-order valence-electron chi connectivity index (χ0n) is 16.1. The molecule has 1 aromatic heterocycles. The minimum atomic E-state index is 0.0496. The topological polar surface area (TPSA) is 77.2 Å². The minimum absolute atomic E-state index is 0.0496. The average Bonchev–Trinajstić information content (AvgIpc) is 3.20. The molecular weight excluding hydrogens is 362 g/mol. The van der Waals surface area contributed by atoms with Crippen LogP contribution in [0.4, 0.5) is 0 Å². The Hall–Kier alpha value is -3.65. The number of amides is 1. The maximum absolute atomic E-state index is 12.1. The van der Waals surface area contributed by atoms with Gasteiger partial charge < -0.3 is 10.0 Å². The predicted octanol–water partition coefficient (Wildman–Crippen LogP) is 4.25. The Balaban J connectivity index is 0.000000224. The fourth-order valence-electron chi connectivity index (χ4n) is 3.32. The Labute approximate surface area is 170 Å². The second kappa shape index (κ2) is 10.0. The molecule has 4 rings (SSSR count). The Bertz CT molecular complexity index is 951. The van der Waals surface area contributed by atoms with E-state index in [9.17, 15) is 4.79 Å². The molecule has 3 aromatic rings. The number of pyridine rings is 1. The lowest BCUT2D eigenvalue weighted by atomic mass is 10.0. The van der Waals surface area contributed by atoms with E-state index in [0.717, 1.165) is 25.1 Å². The van der Waals surface area contributed by atoms with Crippen molar-refractivity contribution in [3.8, 4) is 11.8 Å². The van der Waals surface area contributed by atoms with Crippen LogP contribution >= 0.6 is 0 Å². The summed E-state index contributed by atoms with van der Waals surface area (Å²) in [6.07, 6.45) is 4.24. The van der Waals surface area contributed by atoms with Gasteiger partial charge in [-0.25, -0.2) is 0 Å². The number of likely N-dealkylation sites (tertiary alicyclic amines) is 1. The van der Waals surface area contributed by atoms with Crippen molar-refractivity contribution >= 4 is 5.91 Å². The third kappa shape index (κ3) is 5.66. The number of nitrogens with zero attached hydrogens (tertiary/aromatic N) is 3. The highest BCUT2D eigenvalue weighted by Gasteiger charge is 2.29. The van der Waals surface area contributed by atoms with Crippen molar-refractivity contribution in [2.45, 2.75) is 25.3 Å². The van der Waals surface area contributed by atoms with Gasteiger partial charge in [-0.05, 0) is 54.8 Å². The van der Waals surface area contributed by atoms with Crippen LogP contribution in [0.3, 0.4) is 0 Å². The molecule has 1 aliphatic heterocycles. The Morgan fingerprint density at radius 3 is 2.34 bits per heavy atom. The lowest BCUT2D eigenvalue weighted by Gasteiger charge is -2.27. The van der Waals surface area contributed by atoms with Gasteiger partial charge >= 0.3 is 0 Å². The number of nitriles is 1. The second-order valence-corrected chi connectivity index (χ2v) is 6.81. The van der Waals surface area contributed by atoms with Crippen molar-refractivity contribution in [1.29, 1.82) is 5.26 Å². The number of carbonyl (C=O) groups is 1. The molecule has 1 atom stereocenters. The number of rotatable bonds is 4. The number of hydrogen-bond donors (Lipinski definition) is 1. The molecule has 0 aliphatic carbocycles. The first-order chi connectivity index (χ1) is 14.2. The van der Waals surface area contributed by atoms with E-state index in [-0.39, 0.29) is 17.7 Å². The van der Waals surface area contributed by atoms with Gasteiger partial charge in [-0.15, -0.1) is 0 Å². The van der Waals surface area contributed by atoms with E-state index in [1.807, 2.05) is 47.4 Å². The summed E-state index contributed by atoms with van der Waals surface area (Å²) >= 11 is 0. The normalized spacial score (nSPS) is 13.9. The van der Waals surface area contributed by atoms with E-state index in [2.05, 4.69) is 17.1 Å². The summed E-state index contributed by atoms with van der Waals surface area (Å²) in [5.74, 6) is 0.436. The van der Waals surface area contributed by atoms with E-state index in [4.69, 9.17) is 10.4 Å². The van der Waals surface area contributed by atoms with E-state index in [1.54, 1.807) is 18.3 Å². The molecule has 0 saturated carbocycles. The Morgan fingerprint density at radius 2 is 1.76 bits per heavy atom. The lowest BCUT2D eigenvalue weighted by molar-refractivity contribution is -0.129. The summed E-state index contributed by atoms with van der Waals surface area (Å²) in [6.45, 7) is 0.840. The van der Waals surface area contributed by atoms with Crippen LogP contribution in [0.2, 0.25) is 0 Å². The second-order valence-electron chi connectivity index (χ2n) is 6.81. The van der Waals surface area contributed by atoms with Gasteiger partial charge in [0.15, 0.2) is 0 Å². The number of hydrogen-bond acceptors (Lipinski definition) is 4. The van der Waals surface area contributed by atoms with Crippen LogP contribution in [0.1, 0.15) is 35.7 Å².